The Labute approximate surface area is 137 Å². The third kappa shape index (κ3) is 2.79. The minimum absolute atomic E-state index is 0.0120. The van der Waals surface area contributed by atoms with Gasteiger partial charge in [-0.15, -0.1) is 0 Å². The van der Waals surface area contributed by atoms with E-state index < -0.39 is 22.7 Å². The van der Waals surface area contributed by atoms with Crippen LogP contribution in [0.3, 0.4) is 0 Å². The van der Waals surface area contributed by atoms with Crippen molar-refractivity contribution >= 4 is 22.6 Å². The molecular formula is C19H14O5. The molecule has 3 aromatic rings. The molecule has 2 aromatic carbocycles. The summed E-state index contributed by atoms with van der Waals surface area (Å²) in [7, 11) is 0. The predicted octanol–water partition coefficient (Wildman–Crippen LogP) is 3.41. The van der Waals surface area contributed by atoms with Crippen LogP contribution in [0.1, 0.15) is 21.7 Å². The highest BCUT2D eigenvalue weighted by atomic mass is 16.4. The molecule has 0 spiro atoms. The number of fused-ring (bicyclic) bond motifs is 1. The number of ketones is 1. The maximum atomic E-state index is 12.2. The van der Waals surface area contributed by atoms with Gasteiger partial charge in [0, 0.05) is 11.6 Å². The van der Waals surface area contributed by atoms with E-state index >= 15 is 0 Å². The Morgan fingerprint density at radius 2 is 1.83 bits per heavy atom. The minimum Gasteiger partial charge on any atom is -0.507 e. The molecule has 0 amide bonds. The third-order valence-corrected chi connectivity index (χ3v) is 3.65. The normalized spacial score (nSPS) is 11.2. The molecular weight excluding hydrogens is 308 g/mol. The van der Waals surface area contributed by atoms with Crippen molar-refractivity contribution in [3.05, 3.63) is 75.8 Å². The summed E-state index contributed by atoms with van der Waals surface area (Å²) >= 11 is 0. The van der Waals surface area contributed by atoms with Crippen LogP contribution in [0.2, 0.25) is 0 Å². The lowest BCUT2D eigenvalue weighted by Gasteiger charge is -2.05. The second-order valence-electron chi connectivity index (χ2n) is 5.32. The number of benzene rings is 2. The van der Waals surface area contributed by atoms with E-state index in [1.807, 2.05) is 24.3 Å². The lowest BCUT2D eigenvalue weighted by atomic mass is 10.0. The van der Waals surface area contributed by atoms with E-state index in [0.717, 1.165) is 16.8 Å². The quantitative estimate of drug-likeness (QED) is 0.570. The van der Waals surface area contributed by atoms with Crippen LogP contribution in [0.25, 0.3) is 16.8 Å². The summed E-state index contributed by atoms with van der Waals surface area (Å²) in [4.78, 5) is 24.0. The highest BCUT2D eigenvalue weighted by molar-refractivity contribution is 6.09. The van der Waals surface area contributed by atoms with Gasteiger partial charge in [0.2, 0.25) is 0 Å². The van der Waals surface area contributed by atoms with Gasteiger partial charge in [-0.3, -0.25) is 4.79 Å². The highest BCUT2D eigenvalue weighted by Crippen LogP contribution is 2.28. The monoisotopic (exact) mass is 322 g/mol. The van der Waals surface area contributed by atoms with E-state index in [2.05, 4.69) is 0 Å². The summed E-state index contributed by atoms with van der Waals surface area (Å²) in [5.41, 5.74) is -0.877. The van der Waals surface area contributed by atoms with E-state index in [1.54, 1.807) is 6.07 Å². The number of aryl methyl sites for hydroxylation is 1. The molecule has 0 saturated heterocycles. The molecule has 0 saturated carbocycles. The zero-order valence-electron chi connectivity index (χ0n) is 12.8. The van der Waals surface area contributed by atoms with Crippen LogP contribution >= 0.6 is 0 Å². The smallest absolute Gasteiger partial charge is 0.351 e. The first-order chi connectivity index (χ1) is 11.5. The number of phenolic OH excluding ortho intramolecular Hbond substituents is 1. The summed E-state index contributed by atoms with van der Waals surface area (Å²) in [5.74, 6) is -0.906. The molecule has 120 valence electrons. The Hall–Kier alpha value is -3.34. The van der Waals surface area contributed by atoms with Crippen LogP contribution in [0.4, 0.5) is 0 Å². The van der Waals surface area contributed by atoms with Gasteiger partial charge in [-0.25, -0.2) is 4.79 Å². The highest BCUT2D eigenvalue weighted by Gasteiger charge is 2.16. The number of aromatic hydroxyl groups is 2. The average Bonchev–Trinajstić information content (AvgIpc) is 2.53. The summed E-state index contributed by atoms with van der Waals surface area (Å²) in [6.45, 7) is 1.50. The fourth-order valence-electron chi connectivity index (χ4n) is 2.52. The Kier molecular flexibility index (Phi) is 3.92. The Balaban J connectivity index is 2.05. The molecule has 0 aliphatic heterocycles. The van der Waals surface area contributed by atoms with Gasteiger partial charge < -0.3 is 14.6 Å². The molecule has 2 N–H and O–H groups in total. The van der Waals surface area contributed by atoms with Gasteiger partial charge in [0.05, 0.1) is 0 Å². The Morgan fingerprint density at radius 3 is 2.58 bits per heavy atom. The summed E-state index contributed by atoms with van der Waals surface area (Å²) in [5, 5.41) is 21.5. The van der Waals surface area contributed by atoms with E-state index in [1.165, 1.54) is 25.1 Å². The lowest BCUT2D eigenvalue weighted by Crippen LogP contribution is -2.12. The van der Waals surface area contributed by atoms with Gasteiger partial charge in [0.25, 0.3) is 0 Å². The van der Waals surface area contributed by atoms with E-state index in [-0.39, 0.29) is 11.5 Å². The van der Waals surface area contributed by atoms with Crippen LogP contribution in [0.15, 0.2) is 57.8 Å². The van der Waals surface area contributed by atoms with Crippen LogP contribution in [-0.4, -0.2) is 16.0 Å². The summed E-state index contributed by atoms with van der Waals surface area (Å²) in [6, 6.07) is 11.9. The average molecular weight is 322 g/mol. The summed E-state index contributed by atoms with van der Waals surface area (Å²) < 4.78 is 4.84. The van der Waals surface area contributed by atoms with Gasteiger partial charge in [-0.2, -0.15) is 0 Å². The Bertz CT molecular complexity index is 1030. The van der Waals surface area contributed by atoms with Gasteiger partial charge in [0.1, 0.15) is 22.8 Å². The number of hydrogen-bond acceptors (Lipinski definition) is 5. The fourth-order valence-corrected chi connectivity index (χ4v) is 2.52. The van der Waals surface area contributed by atoms with Crippen LogP contribution in [0, 0.1) is 6.92 Å². The second-order valence-corrected chi connectivity index (χ2v) is 5.32. The van der Waals surface area contributed by atoms with Crippen molar-refractivity contribution in [2.45, 2.75) is 6.92 Å². The largest absolute Gasteiger partial charge is 0.507 e. The van der Waals surface area contributed by atoms with Gasteiger partial charge >= 0.3 is 5.63 Å². The molecule has 0 unspecified atom stereocenters. The zero-order valence-corrected chi connectivity index (χ0v) is 12.8. The number of allylic oxidation sites excluding steroid dienone is 1. The van der Waals surface area contributed by atoms with Crippen molar-refractivity contribution in [2.24, 2.45) is 0 Å². The first-order valence-electron chi connectivity index (χ1n) is 7.24. The molecule has 24 heavy (non-hydrogen) atoms. The molecule has 0 atom stereocenters. The van der Waals surface area contributed by atoms with Crippen LogP contribution in [-0.2, 0) is 0 Å². The van der Waals surface area contributed by atoms with Crippen LogP contribution in [0.5, 0.6) is 11.5 Å². The number of rotatable bonds is 3. The summed E-state index contributed by atoms with van der Waals surface area (Å²) in [6.07, 6.45) is 2.54. The minimum atomic E-state index is -0.899. The molecule has 5 nitrogen and oxygen atoms in total. The zero-order chi connectivity index (χ0) is 17.3. The van der Waals surface area contributed by atoms with Crippen molar-refractivity contribution in [3.8, 4) is 11.5 Å². The number of carbonyl (C=O) groups excluding carboxylic acids is 1. The fraction of sp³-hybridized carbons (Fsp3) is 0.0526. The van der Waals surface area contributed by atoms with Gasteiger partial charge in [0.15, 0.2) is 5.78 Å². The third-order valence-electron chi connectivity index (χ3n) is 3.65. The topological polar surface area (TPSA) is 87.7 Å². The molecule has 3 rings (SSSR count). The predicted molar refractivity (Wildman–Crippen MR) is 90.4 cm³/mol. The molecule has 0 bridgehead atoms. The van der Waals surface area contributed by atoms with E-state index in [4.69, 9.17) is 4.42 Å². The number of phenols is 1. The van der Waals surface area contributed by atoms with Crippen molar-refractivity contribution in [1.29, 1.82) is 0 Å². The first-order valence-corrected chi connectivity index (χ1v) is 7.24. The van der Waals surface area contributed by atoms with E-state index in [0.29, 0.717) is 5.56 Å². The van der Waals surface area contributed by atoms with Crippen molar-refractivity contribution < 1.29 is 19.4 Å². The number of hydrogen-bond donors (Lipinski definition) is 2. The maximum absolute atomic E-state index is 12.2. The standard InChI is InChI=1S/C19H14O5/c1-11-10-17(22)18(19(23)24-11)16(21)9-7-14-13-5-3-2-4-12(13)6-8-15(14)20/h2-10,20,22H,1H3. The van der Waals surface area contributed by atoms with Crippen molar-refractivity contribution in [3.63, 3.8) is 0 Å². The SMILES string of the molecule is Cc1cc(O)c(C(=O)C=Cc2c(O)ccc3ccccc23)c(=O)o1. The van der Waals surface area contributed by atoms with E-state index in [9.17, 15) is 19.8 Å². The van der Waals surface area contributed by atoms with Gasteiger partial charge in [-0.05, 0) is 35.9 Å². The van der Waals surface area contributed by atoms with Gasteiger partial charge in [-0.1, -0.05) is 30.3 Å². The van der Waals surface area contributed by atoms with Crippen molar-refractivity contribution in [2.75, 3.05) is 0 Å². The molecule has 0 aliphatic carbocycles. The second kappa shape index (κ2) is 6.04. The lowest BCUT2D eigenvalue weighted by molar-refractivity contribution is 0.104. The molecule has 5 heteroatoms. The molecule has 1 aromatic heterocycles. The first kappa shape index (κ1) is 15.6. The molecule has 0 fully saturated rings. The molecule has 0 aliphatic rings. The van der Waals surface area contributed by atoms with Crippen molar-refractivity contribution in [1.82, 2.24) is 0 Å². The molecule has 0 radical (unpaired) electrons. The Morgan fingerprint density at radius 1 is 1.08 bits per heavy atom. The maximum Gasteiger partial charge on any atom is 0.351 e. The molecule has 1 heterocycles. The number of carbonyl (C=O) groups is 1. The van der Waals surface area contributed by atoms with Crippen LogP contribution < -0.4 is 5.63 Å².